The van der Waals surface area contributed by atoms with Gasteiger partial charge in [0.05, 0.1) is 11.1 Å². The van der Waals surface area contributed by atoms with Crippen molar-refractivity contribution in [2.45, 2.75) is 19.9 Å². The Morgan fingerprint density at radius 2 is 1.82 bits per heavy atom. The van der Waals surface area contributed by atoms with Crippen molar-refractivity contribution in [1.29, 1.82) is 0 Å². The van der Waals surface area contributed by atoms with E-state index in [4.69, 9.17) is 5.73 Å². The molecule has 168 valence electrons. The highest BCUT2D eigenvalue weighted by atomic mass is 16.1. The third-order valence-corrected chi connectivity index (χ3v) is 5.84. The smallest absolute Gasteiger partial charge is 0.253 e. The lowest BCUT2D eigenvalue weighted by Gasteiger charge is -2.09. The third-order valence-electron chi connectivity index (χ3n) is 5.84. The van der Waals surface area contributed by atoms with Gasteiger partial charge in [0.1, 0.15) is 5.82 Å². The van der Waals surface area contributed by atoms with Gasteiger partial charge in [-0.05, 0) is 59.8 Å². The lowest BCUT2D eigenvalue weighted by molar-refractivity contribution is 0.0950. The molecule has 0 aliphatic heterocycles. The van der Waals surface area contributed by atoms with Crippen molar-refractivity contribution in [2.75, 3.05) is 5.73 Å². The Labute approximate surface area is 195 Å². The van der Waals surface area contributed by atoms with Crippen LogP contribution in [0.1, 0.15) is 32.7 Å². The SMILES string of the molecule is Cc1ccc2cc(Cc3cc(C(=O)NCc4ccc5c(N)nccc5c4)c[nH]c3=O)ccc2n1. The summed E-state index contributed by atoms with van der Waals surface area (Å²) in [5.74, 6) is 0.219. The minimum Gasteiger partial charge on any atom is -0.383 e. The van der Waals surface area contributed by atoms with Crippen molar-refractivity contribution in [3.63, 3.8) is 0 Å². The fourth-order valence-electron chi connectivity index (χ4n) is 4.05. The van der Waals surface area contributed by atoms with Crippen LogP contribution in [0.15, 0.2) is 77.9 Å². The van der Waals surface area contributed by atoms with Crippen LogP contribution in [-0.4, -0.2) is 20.9 Å². The number of carbonyl (C=O) groups excluding carboxylic acids is 1. The molecule has 5 rings (SSSR count). The first kappa shape index (κ1) is 21.3. The van der Waals surface area contributed by atoms with E-state index >= 15 is 0 Å². The van der Waals surface area contributed by atoms with Crippen LogP contribution in [0, 0.1) is 6.92 Å². The number of anilines is 1. The van der Waals surface area contributed by atoms with Gasteiger partial charge in [-0.1, -0.05) is 24.3 Å². The van der Waals surface area contributed by atoms with Crippen molar-refractivity contribution >= 4 is 33.4 Å². The van der Waals surface area contributed by atoms with Gasteiger partial charge < -0.3 is 16.0 Å². The number of aryl methyl sites for hydroxylation is 1. The number of hydrogen-bond donors (Lipinski definition) is 3. The number of fused-ring (bicyclic) bond motifs is 2. The number of pyridine rings is 3. The quantitative estimate of drug-likeness (QED) is 0.377. The Kier molecular flexibility index (Phi) is 5.51. The van der Waals surface area contributed by atoms with Crippen LogP contribution in [0.5, 0.6) is 0 Å². The number of amides is 1. The number of carbonyl (C=O) groups is 1. The predicted molar refractivity (Wildman–Crippen MR) is 134 cm³/mol. The Balaban J connectivity index is 1.32. The number of aromatic amines is 1. The van der Waals surface area contributed by atoms with Gasteiger partial charge in [0.2, 0.25) is 0 Å². The number of nitrogen functional groups attached to an aromatic ring is 1. The molecule has 0 atom stereocenters. The van der Waals surface area contributed by atoms with E-state index in [-0.39, 0.29) is 11.5 Å². The molecule has 0 aliphatic carbocycles. The summed E-state index contributed by atoms with van der Waals surface area (Å²) in [5.41, 5.74) is 10.4. The summed E-state index contributed by atoms with van der Waals surface area (Å²) in [6.07, 6.45) is 3.52. The molecule has 5 aromatic rings. The maximum atomic E-state index is 12.8. The highest BCUT2D eigenvalue weighted by molar-refractivity contribution is 5.94. The highest BCUT2D eigenvalue weighted by Crippen LogP contribution is 2.20. The lowest BCUT2D eigenvalue weighted by Crippen LogP contribution is -2.25. The second-order valence-corrected chi connectivity index (χ2v) is 8.33. The minimum atomic E-state index is -0.259. The van der Waals surface area contributed by atoms with Gasteiger partial charge in [0, 0.05) is 47.4 Å². The molecule has 0 unspecified atom stereocenters. The van der Waals surface area contributed by atoms with E-state index in [0.717, 1.165) is 38.5 Å². The summed E-state index contributed by atoms with van der Waals surface area (Å²) >= 11 is 0. The number of benzene rings is 2. The molecule has 34 heavy (non-hydrogen) atoms. The summed E-state index contributed by atoms with van der Waals surface area (Å²) in [7, 11) is 0. The standard InChI is InChI=1S/C27H23N5O2/c1-16-2-5-20-10-17(4-7-24(20)32-16)11-21-13-22(15-31-26(21)33)27(34)30-14-18-3-6-23-19(12-18)8-9-29-25(23)28/h2-10,12-13,15H,11,14H2,1H3,(H2,28,29)(H,30,34)(H,31,33). The molecule has 1 amide bonds. The summed E-state index contributed by atoms with van der Waals surface area (Å²) < 4.78 is 0. The first-order valence-corrected chi connectivity index (χ1v) is 11.0. The second kappa shape index (κ2) is 8.78. The number of rotatable bonds is 5. The van der Waals surface area contributed by atoms with E-state index < -0.39 is 0 Å². The second-order valence-electron chi connectivity index (χ2n) is 8.33. The van der Waals surface area contributed by atoms with Crippen molar-refractivity contribution in [3.8, 4) is 0 Å². The Morgan fingerprint density at radius 3 is 2.71 bits per heavy atom. The first-order valence-electron chi connectivity index (χ1n) is 11.0. The van der Waals surface area contributed by atoms with Gasteiger partial charge in [-0.3, -0.25) is 14.6 Å². The first-order chi connectivity index (χ1) is 16.5. The van der Waals surface area contributed by atoms with Crippen LogP contribution in [-0.2, 0) is 13.0 Å². The third kappa shape index (κ3) is 4.36. The number of hydrogen-bond acceptors (Lipinski definition) is 5. The molecule has 0 bridgehead atoms. The summed E-state index contributed by atoms with van der Waals surface area (Å²) in [6.45, 7) is 2.30. The van der Waals surface area contributed by atoms with E-state index in [1.165, 1.54) is 6.20 Å². The molecule has 0 aliphatic rings. The molecule has 3 aromatic heterocycles. The fraction of sp³-hybridized carbons (Fsp3) is 0.111. The topological polar surface area (TPSA) is 114 Å². The van der Waals surface area contributed by atoms with E-state index in [1.54, 1.807) is 12.3 Å². The maximum Gasteiger partial charge on any atom is 0.253 e. The molecule has 7 nitrogen and oxygen atoms in total. The molecule has 0 fully saturated rings. The molecule has 0 saturated carbocycles. The molecule has 0 spiro atoms. The Bertz CT molecular complexity index is 1610. The van der Waals surface area contributed by atoms with E-state index in [0.29, 0.717) is 29.9 Å². The minimum absolute atomic E-state index is 0.209. The molecule has 4 N–H and O–H groups in total. The Hall–Kier alpha value is -4.52. The zero-order valence-corrected chi connectivity index (χ0v) is 18.6. The average Bonchev–Trinajstić information content (AvgIpc) is 2.84. The van der Waals surface area contributed by atoms with Gasteiger partial charge in [-0.25, -0.2) is 4.98 Å². The van der Waals surface area contributed by atoms with Crippen LogP contribution < -0.4 is 16.6 Å². The molecule has 3 heterocycles. The van der Waals surface area contributed by atoms with Gasteiger partial charge in [-0.2, -0.15) is 0 Å². The van der Waals surface area contributed by atoms with E-state index in [9.17, 15) is 9.59 Å². The molecule has 7 heteroatoms. The van der Waals surface area contributed by atoms with Crippen LogP contribution >= 0.6 is 0 Å². The molecule has 0 radical (unpaired) electrons. The van der Waals surface area contributed by atoms with E-state index in [1.807, 2.05) is 61.5 Å². The molecular formula is C27H23N5O2. The number of nitrogens with one attached hydrogen (secondary N) is 2. The van der Waals surface area contributed by atoms with Crippen molar-refractivity contribution in [3.05, 3.63) is 111 Å². The van der Waals surface area contributed by atoms with E-state index in [2.05, 4.69) is 20.3 Å². The largest absolute Gasteiger partial charge is 0.383 e. The van der Waals surface area contributed by atoms with Crippen molar-refractivity contribution < 1.29 is 4.79 Å². The predicted octanol–water partition coefficient (Wildman–Crippen LogP) is 3.88. The zero-order chi connectivity index (χ0) is 23.7. The highest BCUT2D eigenvalue weighted by Gasteiger charge is 2.11. The molecule has 0 saturated heterocycles. The van der Waals surface area contributed by atoms with Gasteiger partial charge in [0.15, 0.2) is 0 Å². The monoisotopic (exact) mass is 449 g/mol. The Morgan fingerprint density at radius 1 is 1.00 bits per heavy atom. The zero-order valence-electron chi connectivity index (χ0n) is 18.6. The fourth-order valence-corrected chi connectivity index (χ4v) is 4.05. The van der Waals surface area contributed by atoms with Crippen molar-refractivity contribution in [2.24, 2.45) is 0 Å². The van der Waals surface area contributed by atoms with Gasteiger partial charge >= 0.3 is 0 Å². The average molecular weight is 450 g/mol. The summed E-state index contributed by atoms with van der Waals surface area (Å²) in [4.78, 5) is 36.5. The number of H-pyrrole nitrogens is 1. The van der Waals surface area contributed by atoms with Crippen LogP contribution in [0.3, 0.4) is 0 Å². The van der Waals surface area contributed by atoms with Crippen LogP contribution in [0.2, 0.25) is 0 Å². The summed E-state index contributed by atoms with van der Waals surface area (Å²) in [6, 6.07) is 19.2. The van der Waals surface area contributed by atoms with Crippen LogP contribution in [0.4, 0.5) is 5.82 Å². The molecular weight excluding hydrogens is 426 g/mol. The normalized spacial score (nSPS) is 11.1. The van der Waals surface area contributed by atoms with Crippen LogP contribution in [0.25, 0.3) is 21.7 Å². The number of nitrogens with zero attached hydrogens (tertiary/aromatic N) is 2. The lowest BCUT2D eigenvalue weighted by atomic mass is 10.0. The number of aromatic nitrogens is 3. The van der Waals surface area contributed by atoms with Gasteiger partial charge in [-0.15, -0.1) is 0 Å². The molecule has 2 aromatic carbocycles. The summed E-state index contributed by atoms with van der Waals surface area (Å²) in [5, 5.41) is 5.78. The van der Waals surface area contributed by atoms with Gasteiger partial charge in [0.25, 0.3) is 11.5 Å². The van der Waals surface area contributed by atoms with Crippen molar-refractivity contribution in [1.82, 2.24) is 20.3 Å². The maximum absolute atomic E-state index is 12.8. The number of nitrogens with two attached hydrogens (primary N) is 1.